The molecule has 0 aromatic heterocycles. The molecule has 0 spiro atoms. The first-order valence-corrected chi connectivity index (χ1v) is 8.30. The predicted molar refractivity (Wildman–Crippen MR) is 88.1 cm³/mol. The molecule has 1 fully saturated rings. The van der Waals surface area contributed by atoms with Gasteiger partial charge in [0.15, 0.2) is 0 Å². The van der Waals surface area contributed by atoms with Crippen molar-refractivity contribution in [1.82, 2.24) is 4.90 Å². The molecular formula is C18H30N2O. The fraction of sp³-hybridized carbons (Fsp3) is 0.667. The second kappa shape index (κ2) is 7.39. The van der Waals surface area contributed by atoms with E-state index in [4.69, 9.17) is 5.73 Å². The SMILES string of the molecule is CCCN(CC(C)(O)c1ccccc1)C1CCC(N)CC1. The van der Waals surface area contributed by atoms with Crippen molar-refractivity contribution in [3.63, 3.8) is 0 Å². The molecule has 1 aromatic carbocycles. The Bertz CT molecular complexity index is 410. The maximum Gasteiger partial charge on any atom is 0.0994 e. The molecule has 2 rings (SSSR count). The van der Waals surface area contributed by atoms with Crippen LogP contribution in [-0.2, 0) is 5.60 Å². The van der Waals surface area contributed by atoms with Crippen molar-refractivity contribution >= 4 is 0 Å². The minimum absolute atomic E-state index is 0.374. The standard InChI is InChI=1S/C18H30N2O/c1-3-13-20(17-11-9-16(19)10-12-17)14-18(2,21)15-7-5-4-6-8-15/h4-8,16-17,21H,3,9-14,19H2,1-2H3. The topological polar surface area (TPSA) is 49.5 Å². The highest BCUT2D eigenvalue weighted by atomic mass is 16.3. The van der Waals surface area contributed by atoms with Crippen molar-refractivity contribution < 1.29 is 5.11 Å². The van der Waals surface area contributed by atoms with Gasteiger partial charge in [0.1, 0.15) is 0 Å². The van der Waals surface area contributed by atoms with Gasteiger partial charge in [0.2, 0.25) is 0 Å². The molecule has 21 heavy (non-hydrogen) atoms. The van der Waals surface area contributed by atoms with Gasteiger partial charge in [-0.25, -0.2) is 0 Å². The second-order valence-corrected chi connectivity index (χ2v) is 6.68. The van der Waals surface area contributed by atoms with Crippen LogP contribution in [0.1, 0.15) is 51.5 Å². The Hall–Kier alpha value is -0.900. The first-order chi connectivity index (χ1) is 10.0. The summed E-state index contributed by atoms with van der Waals surface area (Å²) in [7, 11) is 0. The van der Waals surface area contributed by atoms with E-state index in [-0.39, 0.29) is 0 Å². The van der Waals surface area contributed by atoms with Crippen LogP contribution in [0, 0.1) is 0 Å². The molecule has 118 valence electrons. The van der Waals surface area contributed by atoms with E-state index in [0.717, 1.165) is 44.2 Å². The fourth-order valence-corrected chi connectivity index (χ4v) is 3.43. The summed E-state index contributed by atoms with van der Waals surface area (Å²) in [5.41, 5.74) is 6.22. The van der Waals surface area contributed by atoms with Crippen molar-refractivity contribution in [3.05, 3.63) is 35.9 Å². The third-order valence-electron chi connectivity index (χ3n) is 4.68. The Balaban J connectivity index is 2.05. The van der Waals surface area contributed by atoms with Gasteiger partial charge >= 0.3 is 0 Å². The summed E-state index contributed by atoms with van der Waals surface area (Å²) in [6.07, 6.45) is 5.65. The molecule has 0 heterocycles. The van der Waals surface area contributed by atoms with Crippen molar-refractivity contribution in [2.24, 2.45) is 5.73 Å². The first kappa shape index (κ1) is 16.5. The summed E-state index contributed by atoms with van der Waals surface area (Å²) in [6.45, 7) is 5.88. The van der Waals surface area contributed by atoms with Crippen LogP contribution in [-0.4, -0.2) is 35.2 Å². The van der Waals surface area contributed by atoms with E-state index in [1.54, 1.807) is 0 Å². The van der Waals surface area contributed by atoms with E-state index in [1.807, 2.05) is 37.3 Å². The lowest BCUT2D eigenvalue weighted by molar-refractivity contribution is -0.00459. The van der Waals surface area contributed by atoms with Gasteiger partial charge < -0.3 is 10.8 Å². The van der Waals surface area contributed by atoms with Gasteiger partial charge in [0.25, 0.3) is 0 Å². The minimum atomic E-state index is -0.796. The molecule has 1 unspecified atom stereocenters. The van der Waals surface area contributed by atoms with Crippen LogP contribution in [0.2, 0.25) is 0 Å². The Kier molecular flexibility index (Phi) is 5.80. The van der Waals surface area contributed by atoms with Crippen molar-refractivity contribution in [1.29, 1.82) is 0 Å². The van der Waals surface area contributed by atoms with Gasteiger partial charge in [-0.3, -0.25) is 4.90 Å². The predicted octanol–water partition coefficient (Wildman–Crippen LogP) is 2.88. The number of nitrogens with two attached hydrogens (primary N) is 1. The van der Waals surface area contributed by atoms with Gasteiger partial charge in [-0.1, -0.05) is 37.3 Å². The molecule has 0 amide bonds. The van der Waals surface area contributed by atoms with Crippen LogP contribution in [0.3, 0.4) is 0 Å². The van der Waals surface area contributed by atoms with Gasteiger partial charge in [0, 0.05) is 18.6 Å². The summed E-state index contributed by atoms with van der Waals surface area (Å²) in [5.74, 6) is 0. The van der Waals surface area contributed by atoms with Gasteiger partial charge in [-0.15, -0.1) is 0 Å². The highest BCUT2D eigenvalue weighted by molar-refractivity contribution is 5.21. The summed E-state index contributed by atoms with van der Waals surface area (Å²) in [4.78, 5) is 2.47. The van der Waals surface area contributed by atoms with E-state index in [2.05, 4.69) is 11.8 Å². The van der Waals surface area contributed by atoms with E-state index in [9.17, 15) is 5.11 Å². The zero-order chi connectivity index (χ0) is 15.3. The van der Waals surface area contributed by atoms with Gasteiger partial charge in [-0.2, -0.15) is 0 Å². The molecule has 0 saturated heterocycles. The Morgan fingerprint density at radius 2 is 1.81 bits per heavy atom. The highest BCUT2D eigenvalue weighted by Crippen LogP contribution is 2.27. The molecule has 1 aliphatic carbocycles. The molecule has 0 aliphatic heterocycles. The first-order valence-electron chi connectivity index (χ1n) is 8.30. The van der Waals surface area contributed by atoms with Gasteiger partial charge in [-0.05, 0) is 51.1 Å². The third-order valence-corrected chi connectivity index (χ3v) is 4.68. The number of benzene rings is 1. The molecular weight excluding hydrogens is 260 g/mol. The van der Waals surface area contributed by atoms with Crippen LogP contribution in [0.4, 0.5) is 0 Å². The van der Waals surface area contributed by atoms with E-state index in [0.29, 0.717) is 18.6 Å². The monoisotopic (exact) mass is 290 g/mol. The summed E-state index contributed by atoms with van der Waals surface area (Å²) < 4.78 is 0. The third kappa shape index (κ3) is 4.53. The molecule has 0 bridgehead atoms. The van der Waals surface area contributed by atoms with Crippen molar-refractivity contribution in [2.75, 3.05) is 13.1 Å². The van der Waals surface area contributed by atoms with E-state index < -0.39 is 5.60 Å². The second-order valence-electron chi connectivity index (χ2n) is 6.68. The van der Waals surface area contributed by atoms with Crippen LogP contribution in [0.5, 0.6) is 0 Å². The number of aliphatic hydroxyl groups is 1. The lowest BCUT2D eigenvalue weighted by Crippen LogP contribution is -2.47. The molecule has 0 radical (unpaired) electrons. The van der Waals surface area contributed by atoms with Crippen LogP contribution >= 0.6 is 0 Å². The lowest BCUT2D eigenvalue weighted by Gasteiger charge is -2.40. The molecule has 1 atom stereocenters. The van der Waals surface area contributed by atoms with E-state index >= 15 is 0 Å². The maximum absolute atomic E-state index is 10.9. The average molecular weight is 290 g/mol. The summed E-state index contributed by atoms with van der Waals surface area (Å²) in [6, 6.07) is 11.0. The maximum atomic E-state index is 10.9. The smallest absolute Gasteiger partial charge is 0.0994 e. The summed E-state index contributed by atoms with van der Waals surface area (Å²) >= 11 is 0. The lowest BCUT2D eigenvalue weighted by atomic mass is 9.88. The highest BCUT2D eigenvalue weighted by Gasteiger charge is 2.31. The average Bonchev–Trinajstić information content (AvgIpc) is 2.48. The number of hydrogen-bond acceptors (Lipinski definition) is 3. The van der Waals surface area contributed by atoms with Crippen LogP contribution in [0.25, 0.3) is 0 Å². The fourth-order valence-electron chi connectivity index (χ4n) is 3.43. The minimum Gasteiger partial charge on any atom is -0.384 e. The summed E-state index contributed by atoms with van der Waals surface area (Å²) in [5, 5.41) is 10.9. The number of hydrogen-bond donors (Lipinski definition) is 2. The quantitative estimate of drug-likeness (QED) is 0.847. The Morgan fingerprint density at radius 1 is 1.19 bits per heavy atom. The molecule has 3 heteroatoms. The molecule has 1 aromatic rings. The number of rotatable bonds is 6. The zero-order valence-electron chi connectivity index (χ0n) is 13.5. The van der Waals surface area contributed by atoms with E-state index in [1.165, 1.54) is 0 Å². The number of nitrogens with zero attached hydrogens (tertiary/aromatic N) is 1. The van der Waals surface area contributed by atoms with Crippen molar-refractivity contribution in [2.45, 2.75) is 63.6 Å². The molecule has 1 saturated carbocycles. The molecule has 3 nitrogen and oxygen atoms in total. The molecule has 1 aliphatic rings. The van der Waals surface area contributed by atoms with Crippen LogP contribution in [0.15, 0.2) is 30.3 Å². The molecule has 3 N–H and O–H groups in total. The largest absolute Gasteiger partial charge is 0.384 e. The Morgan fingerprint density at radius 3 is 2.38 bits per heavy atom. The van der Waals surface area contributed by atoms with Crippen molar-refractivity contribution in [3.8, 4) is 0 Å². The van der Waals surface area contributed by atoms with Gasteiger partial charge in [0.05, 0.1) is 5.60 Å². The Labute approximate surface area is 129 Å². The normalized spacial score (nSPS) is 25.8. The zero-order valence-corrected chi connectivity index (χ0v) is 13.5. The van der Waals surface area contributed by atoms with Crippen LogP contribution < -0.4 is 5.73 Å².